The first kappa shape index (κ1) is 11.0. The molecule has 5 heteroatoms. The van der Waals surface area contributed by atoms with E-state index in [1.165, 1.54) is 12.1 Å². The molecule has 5 nitrogen and oxygen atoms in total. The molecule has 0 aliphatic carbocycles. The average molecular weight is 209 g/mol. The fourth-order valence-corrected chi connectivity index (χ4v) is 1.03. The maximum Gasteiger partial charge on any atom is 0.303 e. The first-order valence-electron chi connectivity index (χ1n) is 4.38. The van der Waals surface area contributed by atoms with Crippen molar-refractivity contribution in [3.8, 4) is 5.75 Å². The van der Waals surface area contributed by atoms with Gasteiger partial charge in [0.15, 0.2) is 0 Å². The summed E-state index contributed by atoms with van der Waals surface area (Å²) in [4.78, 5) is 21.4. The van der Waals surface area contributed by atoms with Crippen LogP contribution in [0.25, 0.3) is 0 Å². The molecule has 0 saturated carbocycles. The van der Waals surface area contributed by atoms with Crippen molar-refractivity contribution in [2.75, 3.05) is 5.32 Å². The molecule has 1 amide bonds. The summed E-state index contributed by atoms with van der Waals surface area (Å²) < 4.78 is 0. The van der Waals surface area contributed by atoms with Gasteiger partial charge in [-0.3, -0.25) is 9.59 Å². The van der Waals surface area contributed by atoms with Gasteiger partial charge < -0.3 is 15.5 Å². The molecule has 15 heavy (non-hydrogen) atoms. The number of hydrogen-bond acceptors (Lipinski definition) is 3. The van der Waals surface area contributed by atoms with Gasteiger partial charge in [-0.25, -0.2) is 0 Å². The summed E-state index contributed by atoms with van der Waals surface area (Å²) >= 11 is 0. The van der Waals surface area contributed by atoms with Crippen LogP contribution in [0.5, 0.6) is 5.75 Å². The molecule has 0 saturated heterocycles. The van der Waals surface area contributed by atoms with Gasteiger partial charge in [-0.15, -0.1) is 0 Å². The highest BCUT2D eigenvalue weighted by Crippen LogP contribution is 2.15. The predicted molar refractivity (Wildman–Crippen MR) is 53.6 cm³/mol. The number of nitrogens with one attached hydrogen (secondary N) is 1. The van der Waals surface area contributed by atoms with Crippen LogP contribution < -0.4 is 5.32 Å². The second kappa shape index (κ2) is 4.99. The molecule has 1 aromatic carbocycles. The van der Waals surface area contributed by atoms with Crippen molar-refractivity contribution in [3.05, 3.63) is 24.3 Å². The van der Waals surface area contributed by atoms with Crippen LogP contribution in [0.15, 0.2) is 24.3 Å². The molecule has 0 spiro atoms. The third-order valence-corrected chi connectivity index (χ3v) is 1.70. The number of aromatic hydroxyl groups is 1. The maximum absolute atomic E-state index is 11.2. The zero-order chi connectivity index (χ0) is 11.3. The number of carbonyl (C=O) groups excluding carboxylic acids is 1. The number of anilines is 1. The van der Waals surface area contributed by atoms with E-state index < -0.39 is 5.97 Å². The Bertz CT molecular complexity index is 375. The van der Waals surface area contributed by atoms with E-state index in [1.54, 1.807) is 12.1 Å². The lowest BCUT2D eigenvalue weighted by atomic mass is 10.2. The van der Waals surface area contributed by atoms with Crippen molar-refractivity contribution in [2.24, 2.45) is 0 Å². The van der Waals surface area contributed by atoms with E-state index in [1.807, 2.05) is 0 Å². The molecule has 1 rings (SSSR count). The maximum atomic E-state index is 11.2. The van der Waals surface area contributed by atoms with Crippen LogP contribution in [0, 0.1) is 0 Å². The molecule has 0 unspecified atom stereocenters. The Morgan fingerprint density at radius 3 is 2.60 bits per heavy atom. The lowest BCUT2D eigenvalue weighted by Crippen LogP contribution is -2.12. The van der Waals surface area contributed by atoms with E-state index >= 15 is 0 Å². The SMILES string of the molecule is O=C(O)CCC(=O)Nc1cccc(O)c1. The number of carboxylic acids is 1. The number of carbonyl (C=O) groups is 2. The van der Waals surface area contributed by atoms with Gasteiger partial charge in [-0.05, 0) is 12.1 Å². The topological polar surface area (TPSA) is 86.6 Å². The van der Waals surface area contributed by atoms with Crippen LogP contribution in [0.2, 0.25) is 0 Å². The first-order valence-corrected chi connectivity index (χ1v) is 4.38. The van der Waals surface area contributed by atoms with E-state index in [0.717, 1.165) is 0 Å². The number of aliphatic carboxylic acids is 1. The summed E-state index contributed by atoms with van der Waals surface area (Å²) in [5.41, 5.74) is 0.449. The molecule has 0 heterocycles. The van der Waals surface area contributed by atoms with Crippen LogP contribution >= 0.6 is 0 Å². The Hall–Kier alpha value is -2.04. The van der Waals surface area contributed by atoms with Gasteiger partial charge >= 0.3 is 5.97 Å². The molecule has 0 atom stereocenters. The van der Waals surface area contributed by atoms with Gasteiger partial charge in [0, 0.05) is 18.2 Å². The average Bonchev–Trinajstić information content (AvgIpc) is 2.15. The standard InChI is InChI=1S/C10H11NO4/c12-8-3-1-2-7(6-8)11-9(13)4-5-10(14)15/h1-3,6,12H,4-5H2,(H,11,13)(H,14,15). The van der Waals surface area contributed by atoms with E-state index in [2.05, 4.69) is 5.32 Å². The van der Waals surface area contributed by atoms with Gasteiger partial charge in [-0.1, -0.05) is 6.07 Å². The minimum absolute atomic E-state index is 0.0473. The van der Waals surface area contributed by atoms with Crippen molar-refractivity contribution >= 4 is 17.6 Å². The van der Waals surface area contributed by atoms with E-state index in [4.69, 9.17) is 10.2 Å². The lowest BCUT2D eigenvalue weighted by molar-refractivity contribution is -0.138. The van der Waals surface area contributed by atoms with E-state index in [9.17, 15) is 9.59 Å². The summed E-state index contributed by atoms with van der Waals surface area (Å²) in [6.45, 7) is 0. The van der Waals surface area contributed by atoms with Gasteiger partial charge in [0.1, 0.15) is 5.75 Å². The summed E-state index contributed by atoms with van der Waals surface area (Å²) in [5.74, 6) is -1.35. The summed E-state index contributed by atoms with van der Waals surface area (Å²) in [5, 5.41) is 19.9. The number of carboxylic acid groups (broad SMARTS) is 1. The normalized spacial score (nSPS) is 9.60. The van der Waals surface area contributed by atoms with Crippen molar-refractivity contribution < 1.29 is 19.8 Å². The molecule has 0 radical (unpaired) electrons. The molecular weight excluding hydrogens is 198 g/mol. The van der Waals surface area contributed by atoms with Crippen molar-refractivity contribution in [1.82, 2.24) is 0 Å². The number of phenols is 1. The number of phenolic OH excluding ortho intramolecular Hbond substituents is 1. The Morgan fingerprint density at radius 2 is 2.00 bits per heavy atom. The monoisotopic (exact) mass is 209 g/mol. The van der Waals surface area contributed by atoms with Crippen molar-refractivity contribution in [1.29, 1.82) is 0 Å². The van der Waals surface area contributed by atoms with Crippen LogP contribution in [0.3, 0.4) is 0 Å². The molecule has 0 aromatic heterocycles. The third kappa shape index (κ3) is 4.12. The summed E-state index contributed by atoms with van der Waals surface area (Å²) in [6.07, 6.45) is -0.282. The van der Waals surface area contributed by atoms with Gasteiger partial charge in [0.25, 0.3) is 0 Å². The molecular formula is C10H11NO4. The Kier molecular flexibility index (Phi) is 3.68. The second-order valence-electron chi connectivity index (χ2n) is 2.99. The fraction of sp³-hybridized carbons (Fsp3) is 0.200. The van der Waals surface area contributed by atoms with Crippen molar-refractivity contribution in [2.45, 2.75) is 12.8 Å². The molecule has 1 aromatic rings. The molecule has 0 bridgehead atoms. The van der Waals surface area contributed by atoms with Crippen molar-refractivity contribution in [3.63, 3.8) is 0 Å². The van der Waals surface area contributed by atoms with Crippen LogP contribution in [0.1, 0.15) is 12.8 Å². The molecule has 3 N–H and O–H groups in total. The highest BCUT2D eigenvalue weighted by atomic mass is 16.4. The van der Waals surface area contributed by atoms with E-state index in [-0.39, 0.29) is 24.5 Å². The van der Waals surface area contributed by atoms with Gasteiger partial charge in [0.2, 0.25) is 5.91 Å². The predicted octanol–water partition coefficient (Wildman–Crippen LogP) is 1.20. The number of rotatable bonds is 4. The highest BCUT2D eigenvalue weighted by Gasteiger charge is 2.05. The zero-order valence-corrected chi connectivity index (χ0v) is 7.93. The lowest BCUT2D eigenvalue weighted by Gasteiger charge is -2.03. The Morgan fingerprint density at radius 1 is 1.27 bits per heavy atom. The smallest absolute Gasteiger partial charge is 0.303 e. The number of hydrogen-bond donors (Lipinski definition) is 3. The number of amides is 1. The molecule has 0 aliphatic heterocycles. The van der Waals surface area contributed by atoms with Gasteiger partial charge in [0.05, 0.1) is 6.42 Å². The molecule has 0 fully saturated rings. The van der Waals surface area contributed by atoms with Crippen LogP contribution in [0.4, 0.5) is 5.69 Å². The minimum atomic E-state index is -1.01. The largest absolute Gasteiger partial charge is 0.508 e. The quantitative estimate of drug-likeness (QED) is 0.695. The summed E-state index contributed by atoms with van der Waals surface area (Å²) in [6, 6.07) is 6.06. The van der Waals surface area contributed by atoms with Crippen LogP contribution in [-0.2, 0) is 9.59 Å². The summed E-state index contributed by atoms with van der Waals surface area (Å²) in [7, 11) is 0. The van der Waals surface area contributed by atoms with Gasteiger partial charge in [-0.2, -0.15) is 0 Å². The van der Waals surface area contributed by atoms with Crippen LogP contribution in [-0.4, -0.2) is 22.1 Å². The fourth-order valence-electron chi connectivity index (χ4n) is 1.03. The third-order valence-electron chi connectivity index (χ3n) is 1.70. The highest BCUT2D eigenvalue weighted by molar-refractivity contribution is 5.92. The Balaban J connectivity index is 2.48. The molecule has 80 valence electrons. The first-order chi connectivity index (χ1) is 7.08. The van der Waals surface area contributed by atoms with E-state index in [0.29, 0.717) is 5.69 Å². The second-order valence-corrected chi connectivity index (χ2v) is 2.99. The number of benzene rings is 1. The minimum Gasteiger partial charge on any atom is -0.508 e. The Labute approximate surface area is 86.4 Å². The zero-order valence-electron chi connectivity index (χ0n) is 7.93. The molecule has 0 aliphatic rings.